The zero-order valence-corrected chi connectivity index (χ0v) is 11.8. The number of amides is 1. The van der Waals surface area contributed by atoms with Crippen molar-refractivity contribution in [2.75, 3.05) is 18.2 Å². The molecule has 1 amide bonds. The largest absolute Gasteiger partial charge is 0.494 e. The van der Waals surface area contributed by atoms with Crippen molar-refractivity contribution in [1.82, 2.24) is 9.78 Å². The highest BCUT2D eigenvalue weighted by Crippen LogP contribution is 2.26. The van der Waals surface area contributed by atoms with Crippen LogP contribution in [0.3, 0.4) is 0 Å². The van der Waals surface area contributed by atoms with Gasteiger partial charge in [-0.2, -0.15) is 5.10 Å². The van der Waals surface area contributed by atoms with Gasteiger partial charge in [0.2, 0.25) is 5.91 Å². The van der Waals surface area contributed by atoms with Crippen molar-refractivity contribution in [3.8, 4) is 5.75 Å². The van der Waals surface area contributed by atoms with E-state index in [-0.39, 0.29) is 12.5 Å². The molecule has 1 heterocycles. The highest BCUT2D eigenvalue weighted by atomic mass is 16.5. The van der Waals surface area contributed by atoms with Crippen LogP contribution >= 0.6 is 0 Å². The fraction of sp³-hybridized carbons (Fsp3) is 0.286. The Balaban J connectivity index is 2.10. The van der Waals surface area contributed by atoms with Gasteiger partial charge >= 0.3 is 0 Å². The molecule has 0 spiro atoms. The molecule has 0 aliphatic rings. The van der Waals surface area contributed by atoms with Crippen LogP contribution in [0.15, 0.2) is 24.3 Å². The van der Waals surface area contributed by atoms with Crippen LogP contribution in [0.2, 0.25) is 0 Å². The first-order valence-corrected chi connectivity index (χ1v) is 6.24. The van der Waals surface area contributed by atoms with E-state index in [9.17, 15) is 4.79 Å². The maximum absolute atomic E-state index is 12.0. The van der Waals surface area contributed by atoms with Gasteiger partial charge in [-0.3, -0.25) is 9.48 Å². The number of nitrogens with zero attached hydrogens (tertiary/aromatic N) is 2. The lowest BCUT2D eigenvalue weighted by Gasteiger charge is -2.11. The Hall–Kier alpha value is -2.50. The van der Waals surface area contributed by atoms with Gasteiger partial charge in [-0.1, -0.05) is 0 Å². The van der Waals surface area contributed by atoms with E-state index in [2.05, 4.69) is 10.4 Å². The summed E-state index contributed by atoms with van der Waals surface area (Å²) in [5.74, 6) is 0.367. The number of benzene rings is 1. The number of nitrogens with one attached hydrogen (secondary N) is 1. The Bertz CT molecular complexity index is 634. The number of rotatable bonds is 4. The summed E-state index contributed by atoms with van der Waals surface area (Å²) in [5.41, 5.74) is 8.68. The Kier molecular flexibility index (Phi) is 3.93. The standard InChI is InChI=1S/C14H18N4O2/c1-9-6-10(2)18(17-9)8-14(19)16-12-5-4-11(15)7-13(12)20-3/h4-7H,8,15H2,1-3H3,(H,16,19). The van der Waals surface area contributed by atoms with Crippen molar-refractivity contribution in [3.63, 3.8) is 0 Å². The lowest BCUT2D eigenvalue weighted by molar-refractivity contribution is -0.116. The second-order valence-corrected chi connectivity index (χ2v) is 4.59. The van der Waals surface area contributed by atoms with Gasteiger partial charge in [-0.05, 0) is 32.0 Å². The zero-order chi connectivity index (χ0) is 14.7. The molecule has 0 radical (unpaired) electrons. The number of nitrogens with two attached hydrogens (primary N) is 1. The van der Waals surface area contributed by atoms with Gasteiger partial charge in [-0.25, -0.2) is 0 Å². The first-order chi connectivity index (χ1) is 9.49. The third kappa shape index (κ3) is 3.09. The highest BCUT2D eigenvalue weighted by molar-refractivity contribution is 5.92. The van der Waals surface area contributed by atoms with Crippen molar-refractivity contribution in [3.05, 3.63) is 35.7 Å². The minimum Gasteiger partial charge on any atom is -0.494 e. The number of methoxy groups -OCH3 is 1. The summed E-state index contributed by atoms with van der Waals surface area (Å²) >= 11 is 0. The fourth-order valence-corrected chi connectivity index (χ4v) is 1.97. The highest BCUT2D eigenvalue weighted by Gasteiger charge is 2.10. The molecule has 3 N–H and O–H groups in total. The maximum atomic E-state index is 12.0. The van der Waals surface area contributed by atoms with E-state index in [0.29, 0.717) is 17.1 Å². The molecule has 2 aromatic rings. The first-order valence-electron chi connectivity index (χ1n) is 6.24. The van der Waals surface area contributed by atoms with E-state index in [1.165, 1.54) is 7.11 Å². The van der Waals surface area contributed by atoms with Crippen LogP contribution in [0.5, 0.6) is 5.75 Å². The molecular formula is C14H18N4O2. The Morgan fingerprint density at radius 3 is 2.75 bits per heavy atom. The molecule has 106 valence electrons. The maximum Gasteiger partial charge on any atom is 0.246 e. The van der Waals surface area contributed by atoms with E-state index < -0.39 is 0 Å². The molecule has 6 heteroatoms. The number of aromatic nitrogens is 2. The van der Waals surface area contributed by atoms with Crippen LogP contribution in [0.1, 0.15) is 11.4 Å². The molecule has 1 aromatic carbocycles. The van der Waals surface area contributed by atoms with E-state index >= 15 is 0 Å². The quantitative estimate of drug-likeness (QED) is 0.832. The van der Waals surface area contributed by atoms with Gasteiger partial charge in [0.1, 0.15) is 12.3 Å². The summed E-state index contributed by atoms with van der Waals surface area (Å²) in [6.07, 6.45) is 0. The predicted molar refractivity (Wildman–Crippen MR) is 77.7 cm³/mol. The van der Waals surface area contributed by atoms with E-state index in [1.807, 2.05) is 19.9 Å². The third-order valence-electron chi connectivity index (χ3n) is 2.90. The van der Waals surface area contributed by atoms with Crippen LogP contribution in [-0.4, -0.2) is 22.8 Å². The van der Waals surface area contributed by atoms with Crippen LogP contribution < -0.4 is 15.8 Å². The number of nitrogen functional groups attached to an aromatic ring is 1. The number of hydrogen-bond donors (Lipinski definition) is 2. The van der Waals surface area contributed by atoms with Gasteiger partial charge in [0.05, 0.1) is 18.5 Å². The molecule has 0 saturated carbocycles. The molecule has 20 heavy (non-hydrogen) atoms. The normalized spacial score (nSPS) is 10.3. The SMILES string of the molecule is COc1cc(N)ccc1NC(=O)Cn1nc(C)cc1C. The summed E-state index contributed by atoms with van der Waals surface area (Å²) in [5, 5.41) is 7.05. The zero-order valence-electron chi connectivity index (χ0n) is 11.8. The summed E-state index contributed by atoms with van der Waals surface area (Å²) in [6.45, 7) is 3.97. The summed E-state index contributed by atoms with van der Waals surface area (Å²) in [4.78, 5) is 12.0. The molecular weight excluding hydrogens is 256 g/mol. The predicted octanol–water partition coefficient (Wildman–Crippen LogP) is 1.73. The minimum absolute atomic E-state index is 0.160. The lowest BCUT2D eigenvalue weighted by Crippen LogP contribution is -2.20. The summed E-state index contributed by atoms with van der Waals surface area (Å²) in [7, 11) is 1.53. The molecule has 0 fully saturated rings. The molecule has 6 nitrogen and oxygen atoms in total. The lowest BCUT2D eigenvalue weighted by atomic mass is 10.2. The van der Waals surface area contributed by atoms with Crippen LogP contribution in [0.25, 0.3) is 0 Å². The van der Waals surface area contributed by atoms with Gasteiger partial charge in [-0.15, -0.1) is 0 Å². The summed E-state index contributed by atoms with van der Waals surface area (Å²) in [6, 6.07) is 7.02. The first kappa shape index (κ1) is 13.9. The molecule has 0 unspecified atom stereocenters. The molecule has 2 rings (SSSR count). The molecule has 1 aromatic heterocycles. The van der Waals surface area contributed by atoms with Crippen molar-refractivity contribution in [2.45, 2.75) is 20.4 Å². The molecule has 0 aliphatic carbocycles. The van der Waals surface area contributed by atoms with Gasteiger partial charge in [0.25, 0.3) is 0 Å². The van der Waals surface area contributed by atoms with Gasteiger partial charge in [0.15, 0.2) is 0 Å². The smallest absolute Gasteiger partial charge is 0.246 e. The second-order valence-electron chi connectivity index (χ2n) is 4.59. The number of aryl methyl sites for hydroxylation is 2. The average Bonchev–Trinajstić information content (AvgIpc) is 2.70. The van der Waals surface area contributed by atoms with Crippen LogP contribution in [0, 0.1) is 13.8 Å². The number of ether oxygens (including phenoxy) is 1. The molecule has 0 saturated heterocycles. The molecule has 0 aliphatic heterocycles. The fourth-order valence-electron chi connectivity index (χ4n) is 1.97. The van der Waals surface area contributed by atoms with Crippen LogP contribution in [-0.2, 0) is 11.3 Å². The van der Waals surface area contributed by atoms with E-state index in [0.717, 1.165) is 11.4 Å². The monoisotopic (exact) mass is 274 g/mol. The number of anilines is 2. The van der Waals surface area contributed by atoms with E-state index in [1.54, 1.807) is 22.9 Å². The number of carbonyl (C=O) groups excluding carboxylic acids is 1. The number of hydrogen-bond acceptors (Lipinski definition) is 4. The van der Waals surface area contributed by atoms with Crippen molar-refractivity contribution < 1.29 is 9.53 Å². The number of carbonyl (C=O) groups is 1. The van der Waals surface area contributed by atoms with Crippen molar-refractivity contribution in [1.29, 1.82) is 0 Å². The topological polar surface area (TPSA) is 82.2 Å². The average molecular weight is 274 g/mol. The van der Waals surface area contributed by atoms with Gasteiger partial charge < -0.3 is 15.8 Å². The van der Waals surface area contributed by atoms with Crippen LogP contribution in [0.4, 0.5) is 11.4 Å². The summed E-state index contributed by atoms with van der Waals surface area (Å²) < 4.78 is 6.85. The van der Waals surface area contributed by atoms with E-state index in [4.69, 9.17) is 10.5 Å². The Morgan fingerprint density at radius 2 is 2.15 bits per heavy atom. The Labute approximate surface area is 117 Å². The van der Waals surface area contributed by atoms with Crippen molar-refractivity contribution in [2.24, 2.45) is 0 Å². The molecule has 0 atom stereocenters. The van der Waals surface area contributed by atoms with Gasteiger partial charge in [0, 0.05) is 17.4 Å². The third-order valence-corrected chi connectivity index (χ3v) is 2.90. The molecule has 0 bridgehead atoms. The van der Waals surface area contributed by atoms with Crippen molar-refractivity contribution >= 4 is 17.3 Å². The minimum atomic E-state index is -0.167. The Morgan fingerprint density at radius 1 is 1.40 bits per heavy atom. The second kappa shape index (κ2) is 5.64.